The molecule has 0 aliphatic carbocycles. The van der Waals surface area contributed by atoms with Crippen molar-refractivity contribution in [1.82, 2.24) is 5.32 Å². The minimum absolute atomic E-state index is 0.142. The molecule has 2 heteroatoms. The summed E-state index contributed by atoms with van der Waals surface area (Å²) in [4.78, 5) is 0. The Bertz CT molecular complexity index is 85.9. The lowest BCUT2D eigenvalue weighted by molar-refractivity contribution is 0.161. The van der Waals surface area contributed by atoms with Crippen LogP contribution in [0.4, 0.5) is 0 Å². The number of rotatable bonds is 8. The summed E-state index contributed by atoms with van der Waals surface area (Å²) in [5.41, 5.74) is 0. The van der Waals surface area contributed by atoms with Crippen molar-refractivity contribution in [1.29, 1.82) is 0 Å². The molecule has 0 aliphatic heterocycles. The summed E-state index contributed by atoms with van der Waals surface area (Å²) in [7, 11) is 0. The highest BCUT2D eigenvalue weighted by atomic mass is 16.3. The van der Waals surface area contributed by atoms with Crippen molar-refractivity contribution in [2.45, 2.75) is 52.1 Å². The number of hydrogen-bond acceptors (Lipinski definition) is 2. The molecule has 0 fully saturated rings. The topological polar surface area (TPSA) is 32.3 Å². The van der Waals surface area contributed by atoms with E-state index in [1.165, 1.54) is 19.3 Å². The highest BCUT2D eigenvalue weighted by Gasteiger charge is 1.99. The summed E-state index contributed by atoms with van der Waals surface area (Å²) in [5.74, 6) is 0. The summed E-state index contributed by atoms with van der Waals surface area (Å²) >= 11 is 0. The lowest BCUT2D eigenvalue weighted by atomic mass is 10.2. The predicted octanol–water partition coefficient (Wildman–Crippen LogP) is 1.93. The number of aliphatic hydroxyl groups is 1. The third-order valence-corrected chi connectivity index (χ3v) is 1.96. The smallest absolute Gasteiger partial charge is 0.0664 e. The molecule has 1 atom stereocenters. The zero-order valence-electron chi connectivity index (χ0n) is 8.47. The fourth-order valence-corrected chi connectivity index (χ4v) is 1.20. The van der Waals surface area contributed by atoms with Crippen LogP contribution >= 0.6 is 0 Å². The molecule has 2 N–H and O–H groups in total. The lowest BCUT2D eigenvalue weighted by Gasteiger charge is -2.09. The van der Waals surface area contributed by atoms with Gasteiger partial charge in [-0.1, -0.05) is 33.1 Å². The Hall–Kier alpha value is -0.0800. The van der Waals surface area contributed by atoms with Crippen molar-refractivity contribution >= 4 is 0 Å². The zero-order valence-corrected chi connectivity index (χ0v) is 8.47. The molecule has 0 heterocycles. The Balaban J connectivity index is 2.97. The largest absolute Gasteiger partial charge is 0.392 e. The van der Waals surface area contributed by atoms with Gasteiger partial charge in [-0.05, 0) is 19.4 Å². The van der Waals surface area contributed by atoms with Gasteiger partial charge in [0.2, 0.25) is 0 Å². The van der Waals surface area contributed by atoms with Gasteiger partial charge in [0, 0.05) is 6.54 Å². The summed E-state index contributed by atoms with van der Waals surface area (Å²) in [6.07, 6.45) is 5.63. The number of aliphatic hydroxyl groups excluding tert-OH is 1. The highest BCUT2D eigenvalue weighted by Crippen LogP contribution is 1.95. The molecule has 0 saturated heterocycles. The van der Waals surface area contributed by atoms with E-state index < -0.39 is 0 Å². The van der Waals surface area contributed by atoms with Crippen LogP contribution in [0.1, 0.15) is 46.0 Å². The first-order chi connectivity index (χ1) is 5.81. The maximum absolute atomic E-state index is 9.34. The molecule has 0 bridgehead atoms. The minimum Gasteiger partial charge on any atom is -0.392 e. The Labute approximate surface area is 76.4 Å². The van der Waals surface area contributed by atoms with E-state index in [2.05, 4.69) is 19.2 Å². The number of hydrogen-bond donors (Lipinski definition) is 2. The lowest BCUT2D eigenvalue weighted by Crippen LogP contribution is -2.27. The first-order valence-corrected chi connectivity index (χ1v) is 5.20. The van der Waals surface area contributed by atoms with Crippen LogP contribution in [0.15, 0.2) is 0 Å². The van der Waals surface area contributed by atoms with Crippen LogP contribution < -0.4 is 5.32 Å². The molecule has 1 unspecified atom stereocenters. The van der Waals surface area contributed by atoms with Crippen LogP contribution in [-0.2, 0) is 0 Å². The SMILES string of the molecule is CCCCCNCC(O)CCC. The van der Waals surface area contributed by atoms with Crippen molar-refractivity contribution in [3.05, 3.63) is 0 Å². The monoisotopic (exact) mass is 173 g/mol. The van der Waals surface area contributed by atoms with Crippen LogP contribution in [0, 0.1) is 0 Å². The average molecular weight is 173 g/mol. The van der Waals surface area contributed by atoms with E-state index in [9.17, 15) is 5.11 Å². The fraction of sp³-hybridized carbons (Fsp3) is 1.00. The van der Waals surface area contributed by atoms with Gasteiger partial charge in [0.05, 0.1) is 6.10 Å². The first kappa shape index (κ1) is 11.9. The third kappa shape index (κ3) is 8.02. The van der Waals surface area contributed by atoms with E-state index >= 15 is 0 Å². The molecule has 0 aromatic carbocycles. The minimum atomic E-state index is -0.142. The van der Waals surface area contributed by atoms with Crippen LogP contribution in [0.2, 0.25) is 0 Å². The van der Waals surface area contributed by atoms with E-state index in [1.54, 1.807) is 0 Å². The van der Waals surface area contributed by atoms with Gasteiger partial charge in [-0.3, -0.25) is 0 Å². The molecular weight excluding hydrogens is 150 g/mol. The van der Waals surface area contributed by atoms with Gasteiger partial charge in [0.25, 0.3) is 0 Å². The number of nitrogens with one attached hydrogen (secondary N) is 1. The van der Waals surface area contributed by atoms with Gasteiger partial charge in [-0.15, -0.1) is 0 Å². The first-order valence-electron chi connectivity index (χ1n) is 5.20. The molecule has 0 rings (SSSR count). The van der Waals surface area contributed by atoms with E-state index in [0.717, 1.165) is 25.9 Å². The van der Waals surface area contributed by atoms with Gasteiger partial charge in [0.1, 0.15) is 0 Å². The van der Waals surface area contributed by atoms with Crippen LogP contribution in [0.3, 0.4) is 0 Å². The molecule has 0 aliphatic rings. The molecule has 12 heavy (non-hydrogen) atoms. The van der Waals surface area contributed by atoms with Gasteiger partial charge in [-0.25, -0.2) is 0 Å². The van der Waals surface area contributed by atoms with Crippen LogP contribution in [0.25, 0.3) is 0 Å². The zero-order chi connectivity index (χ0) is 9.23. The Kier molecular flexibility index (Phi) is 8.95. The van der Waals surface area contributed by atoms with E-state index in [0.29, 0.717) is 0 Å². The summed E-state index contributed by atoms with van der Waals surface area (Å²) < 4.78 is 0. The summed E-state index contributed by atoms with van der Waals surface area (Å²) in [5, 5.41) is 12.6. The summed E-state index contributed by atoms with van der Waals surface area (Å²) in [6, 6.07) is 0. The fourth-order valence-electron chi connectivity index (χ4n) is 1.20. The molecular formula is C10H23NO. The Morgan fingerprint density at radius 3 is 2.50 bits per heavy atom. The Morgan fingerprint density at radius 1 is 1.17 bits per heavy atom. The second-order valence-electron chi connectivity index (χ2n) is 3.35. The quantitative estimate of drug-likeness (QED) is 0.550. The number of unbranched alkanes of at least 4 members (excludes halogenated alkanes) is 2. The molecule has 74 valence electrons. The third-order valence-electron chi connectivity index (χ3n) is 1.96. The molecule has 2 nitrogen and oxygen atoms in total. The van der Waals surface area contributed by atoms with E-state index in [1.807, 2.05) is 0 Å². The molecule has 0 aromatic heterocycles. The van der Waals surface area contributed by atoms with Crippen molar-refractivity contribution in [3.63, 3.8) is 0 Å². The van der Waals surface area contributed by atoms with E-state index in [4.69, 9.17) is 0 Å². The van der Waals surface area contributed by atoms with Crippen LogP contribution in [0.5, 0.6) is 0 Å². The van der Waals surface area contributed by atoms with Gasteiger partial charge < -0.3 is 10.4 Å². The highest BCUT2D eigenvalue weighted by molar-refractivity contribution is 4.58. The van der Waals surface area contributed by atoms with Crippen molar-refractivity contribution < 1.29 is 5.11 Å². The molecule has 0 spiro atoms. The molecule has 0 aromatic rings. The molecule has 0 saturated carbocycles. The van der Waals surface area contributed by atoms with Crippen molar-refractivity contribution in [2.75, 3.05) is 13.1 Å². The van der Waals surface area contributed by atoms with Crippen LogP contribution in [-0.4, -0.2) is 24.3 Å². The van der Waals surface area contributed by atoms with Crippen molar-refractivity contribution in [2.24, 2.45) is 0 Å². The molecule has 0 radical (unpaired) electrons. The van der Waals surface area contributed by atoms with Gasteiger partial charge >= 0.3 is 0 Å². The van der Waals surface area contributed by atoms with Gasteiger partial charge in [0.15, 0.2) is 0 Å². The average Bonchev–Trinajstić information content (AvgIpc) is 2.05. The van der Waals surface area contributed by atoms with E-state index in [-0.39, 0.29) is 6.10 Å². The molecule has 0 amide bonds. The second-order valence-corrected chi connectivity index (χ2v) is 3.35. The maximum Gasteiger partial charge on any atom is 0.0664 e. The van der Waals surface area contributed by atoms with Gasteiger partial charge in [-0.2, -0.15) is 0 Å². The predicted molar refractivity (Wildman–Crippen MR) is 53.3 cm³/mol. The standard InChI is InChI=1S/C10H23NO/c1-3-5-6-8-11-9-10(12)7-4-2/h10-12H,3-9H2,1-2H3. The summed E-state index contributed by atoms with van der Waals surface area (Å²) in [6.45, 7) is 6.11. The van der Waals surface area contributed by atoms with Crippen molar-refractivity contribution in [3.8, 4) is 0 Å². The second kappa shape index (κ2) is 9.01. The Morgan fingerprint density at radius 2 is 1.92 bits per heavy atom. The normalized spacial score (nSPS) is 13.2. The maximum atomic E-state index is 9.34.